The lowest BCUT2D eigenvalue weighted by Gasteiger charge is -2.33. The number of carboxylic acids is 1. The average molecular weight is 238 g/mol. The van der Waals surface area contributed by atoms with Crippen LogP contribution in [0.25, 0.3) is 0 Å². The molecule has 0 aliphatic carbocycles. The van der Waals surface area contributed by atoms with E-state index >= 15 is 0 Å². The van der Waals surface area contributed by atoms with Crippen molar-refractivity contribution >= 4 is 11.9 Å². The Labute approximate surface area is 101 Å². The van der Waals surface area contributed by atoms with Gasteiger partial charge in [0.25, 0.3) is 0 Å². The first-order chi connectivity index (χ1) is 8.08. The fraction of sp³-hybridized carbons (Fsp3) is 0.667. The number of likely N-dealkylation sites (tertiary alicyclic amines) is 1. The summed E-state index contributed by atoms with van der Waals surface area (Å²) in [4.78, 5) is 24.8. The molecule has 1 unspecified atom stereocenters. The van der Waals surface area contributed by atoms with Gasteiger partial charge in [-0.15, -0.1) is 6.42 Å². The van der Waals surface area contributed by atoms with Crippen molar-refractivity contribution < 1.29 is 14.7 Å². The first-order valence-electron chi connectivity index (χ1n) is 5.76. The predicted octanol–water partition coefficient (Wildman–Crippen LogP) is 0.0650. The topological polar surface area (TPSA) is 69.6 Å². The molecule has 1 amide bonds. The number of nitrogens with one attached hydrogen (secondary N) is 1. The van der Waals surface area contributed by atoms with Crippen LogP contribution in [0.2, 0.25) is 0 Å². The van der Waals surface area contributed by atoms with Crippen LogP contribution >= 0.6 is 0 Å². The predicted molar refractivity (Wildman–Crippen MR) is 63.3 cm³/mol. The zero-order chi connectivity index (χ0) is 12.9. The van der Waals surface area contributed by atoms with E-state index < -0.39 is 11.5 Å². The summed E-state index contributed by atoms with van der Waals surface area (Å²) in [5.74, 6) is 1.27. The molecule has 1 rings (SSSR count). The van der Waals surface area contributed by atoms with Crippen LogP contribution in [-0.4, -0.2) is 47.1 Å². The zero-order valence-corrected chi connectivity index (χ0v) is 10.0. The van der Waals surface area contributed by atoms with E-state index in [9.17, 15) is 14.7 Å². The summed E-state index contributed by atoms with van der Waals surface area (Å²) in [6, 6.07) is 0. The molecule has 1 heterocycles. The highest BCUT2D eigenvalue weighted by atomic mass is 16.4. The van der Waals surface area contributed by atoms with Gasteiger partial charge in [0.1, 0.15) is 5.54 Å². The number of carbonyl (C=O) groups is 2. The van der Waals surface area contributed by atoms with Crippen molar-refractivity contribution in [1.29, 1.82) is 0 Å². The highest BCUT2D eigenvalue weighted by Crippen LogP contribution is 2.32. The van der Waals surface area contributed by atoms with Gasteiger partial charge in [0, 0.05) is 6.54 Å². The van der Waals surface area contributed by atoms with Crippen molar-refractivity contribution in [3.05, 3.63) is 0 Å². The fourth-order valence-corrected chi connectivity index (χ4v) is 2.32. The van der Waals surface area contributed by atoms with Crippen LogP contribution < -0.4 is 5.32 Å². The maximum absolute atomic E-state index is 11.9. The molecule has 5 heteroatoms. The molecule has 17 heavy (non-hydrogen) atoms. The molecule has 1 fully saturated rings. The monoisotopic (exact) mass is 238 g/mol. The highest BCUT2D eigenvalue weighted by Gasteiger charge is 2.48. The third-order valence-corrected chi connectivity index (χ3v) is 3.28. The third kappa shape index (κ3) is 2.59. The average Bonchev–Trinajstić information content (AvgIpc) is 2.74. The van der Waals surface area contributed by atoms with Gasteiger partial charge in [0.2, 0.25) is 5.91 Å². The van der Waals surface area contributed by atoms with Crippen molar-refractivity contribution in [3.8, 4) is 12.3 Å². The number of hydrogen-bond donors (Lipinski definition) is 2. The maximum Gasteiger partial charge on any atom is 0.329 e. The van der Waals surface area contributed by atoms with Gasteiger partial charge in [-0.25, -0.2) is 4.79 Å². The molecule has 94 valence electrons. The van der Waals surface area contributed by atoms with E-state index in [1.165, 1.54) is 4.90 Å². The normalized spacial score (nSPS) is 23.4. The van der Waals surface area contributed by atoms with Crippen molar-refractivity contribution in [2.24, 2.45) is 0 Å². The lowest BCUT2D eigenvalue weighted by Crippen LogP contribution is -2.54. The molecule has 0 radical (unpaired) electrons. The Balaban J connectivity index is 2.71. The minimum absolute atomic E-state index is 0.0965. The highest BCUT2D eigenvalue weighted by molar-refractivity contribution is 5.88. The standard InChI is InChI=1S/C12H18N2O3/c1-3-7-13-9-10(15)14-8-5-6-12(14,4-2)11(16)17/h1,13H,4-9H2,2H3,(H,16,17). The van der Waals surface area contributed by atoms with Gasteiger partial charge in [0.05, 0.1) is 13.1 Å². The summed E-state index contributed by atoms with van der Waals surface area (Å²) in [7, 11) is 0. The molecular weight excluding hydrogens is 220 g/mol. The number of carboxylic acid groups (broad SMARTS) is 1. The van der Waals surface area contributed by atoms with Crippen molar-refractivity contribution in [2.45, 2.75) is 31.7 Å². The van der Waals surface area contributed by atoms with Crippen LogP contribution in [0.1, 0.15) is 26.2 Å². The number of hydrogen-bond acceptors (Lipinski definition) is 3. The van der Waals surface area contributed by atoms with Crippen LogP contribution in [0.5, 0.6) is 0 Å². The largest absolute Gasteiger partial charge is 0.479 e. The Morgan fingerprint density at radius 1 is 1.59 bits per heavy atom. The third-order valence-electron chi connectivity index (χ3n) is 3.28. The Hall–Kier alpha value is -1.54. The molecule has 0 spiro atoms. The van der Waals surface area contributed by atoms with Crippen LogP contribution in [-0.2, 0) is 9.59 Å². The molecular formula is C12H18N2O3. The summed E-state index contributed by atoms with van der Waals surface area (Å²) < 4.78 is 0. The van der Waals surface area contributed by atoms with E-state index in [0.29, 0.717) is 25.9 Å². The number of amides is 1. The van der Waals surface area contributed by atoms with Crippen LogP contribution in [0, 0.1) is 12.3 Å². The van der Waals surface area contributed by atoms with E-state index in [-0.39, 0.29) is 12.5 Å². The molecule has 5 nitrogen and oxygen atoms in total. The second-order valence-electron chi connectivity index (χ2n) is 4.15. The minimum atomic E-state index is -1.02. The van der Waals surface area contributed by atoms with Crippen molar-refractivity contribution in [1.82, 2.24) is 10.2 Å². The number of nitrogens with zero attached hydrogens (tertiary/aromatic N) is 1. The molecule has 1 aliphatic heterocycles. The molecule has 0 aromatic carbocycles. The first kappa shape index (κ1) is 13.5. The Morgan fingerprint density at radius 2 is 2.29 bits per heavy atom. The Kier molecular flexibility index (Phi) is 4.53. The molecule has 1 atom stereocenters. The van der Waals surface area contributed by atoms with Crippen LogP contribution in [0.15, 0.2) is 0 Å². The molecule has 1 saturated heterocycles. The lowest BCUT2D eigenvalue weighted by molar-refractivity contribution is -0.156. The summed E-state index contributed by atoms with van der Waals surface area (Å²) >= 11 is 0. The minimum Gasteiger partial charge on any atom is -0.479 e. The molecule has 0 bridgehead atoms. The number of aliphatic carboxylic acids is 1. The fourth-order valence-electron chi connectivity index (χ4n) is 2.32. The van der Waals surface area contributed by atoms with Crippen LogP contribution in [0.4, 0.5) is 0 Å². The SMILES string of the molecule is C#CCNCC(=O)N1CCCC1(CC)C(=O)O. The molecule has 2 N–H and O–H groups in total. The van der Waals surface area contributed by atoms with Crippen molar-refractivity contribution in [3.63, 3.8) is 0 Å². The molecule has 0 aromatic heterocycles. The summed E-state index contributed by atoms with van der Waals surface area (Å²) in [6.45, 7) is 2.72. The number of carbonyl (C=O) groups excluding carboxylic acids is 1. The van der Waals surface area contributed by atoms with E-state index in [4.69, 9.17) is 6.42 Å². The summed E-state index contributed by atoms with van der Waals surface area (Å²) in [5.41, 5.74) is -1.02. The van der Waals surface area contributed by atoms with Gasteiger partial charge >= 0.3 is 5.97 Å². The van der Waals surface area contributed by atoms with Gasteiger partial charge < -0.3 is 10.0 Å². The maximum atomic E-state index is 11.9. The zero-order valence-electron chi connectivity index (χ0n) is 10.0. The molecule has 0 aromatic rings. The van der Waals surface area contributed by atoms with E-state index in [1.54, 1.807) is 6.92 Å². The molecule has 0 saturated carbocycles. The van der Waals surface area contributed by atoms with Crippen LogP contribution in [0.3, 0.4) is 0 Å². The number of rotatable bonds is 5. The lowest BCUT2D eigenvalue weighted by atomic mass is 9.93. The molecule has 1 aliphatic rings. The van der Waals surface area contributed by atoms with E-state index in [0.717, 1.165) is 6.42 Å². The van der Waals surface area contributed by atoms with E-state index in [1.807, 2.05) is 0 Å². The summed E-state index contributed by atoms with van der Waals surface area (Å²) in [6.07, 6.45) is 6.76. The smallest absolute Gasteiger partial charge is 0.329 e. The van der Waals surface area contributed by atoms with Gasteiger partial charge in [-0.3, -0.25) is 10.1 Å². The van der Waals surface area contributed by atoms with E-state index in [2.05, 4.69) is 11.2 Å². The van der Waals surface area contributed by atoms with Gasteiger partial charge in [0.15, 0.2) is 0 Å². The van der Waals surface area contributed by atoms with Crippen molar-refractivity contribution in [2.75, 3.05) is 19.6 Å². The quantitative estimate of drug-likeness (QED) is 0.525. The second-order valence-corrected chi connectivity index (χ2v) is 4.15. The Morgan fingerprint density at radius 3 is 2.82 bits per heavy atom. The summed E-state index contributed by atoms with van der Waals surface area (Å²) in [5, 5.41) is 12.1. The van der Waals surface area contributed by atoms with Gasteiger partial charge in [-0.1, -0.05) is 12.8 Å². The second kappa shape index (κ2) is 5.69. The number of terminal acetylenes is 1. The van der Waals surface area contributed by atoms with Gasteiger partial charge in [-0.2, -0.15) is 0 Å². The Bertz CT molecular complexity index is 348. The first-order valence-corrected chi connectivity index (χ1v) is 5.76. The van der Waals surface area contributed by atoms with Gasteiger partial charge in [-0.05, 0) is 19.3 Å².